The first-order valence-corrected chi connectivity index (χ1v) is 9.07. The zero-order valence-electron chi connectivity index (χ0n) is 16.0. The largest absolute Gasteiger partial charge is 0.483 e. The van der Waals surface area contributed by atoms with Gasteiger partial charge in [-0.1, -0.05) is 23.4 Å². The summed E-state index contributed by atoms with van der Waals surface area (Å²) < 4.78 is 21.2. The van der Waals surface area contributed by atoms with Gasteiger partial charge in [-0.15, -0.1) is 0 Å². The molecule has 10 heteroatoms. The highest BCUT2D eigenvalue weighted by Crippen LogP contribution is 2.32. The molecule has 154 valence electrons. The quantitative estimate of drug-likeness (QED) is 0.608. The Hall–Kier alpha value is -4.08. The highest BCUT2D eigenvalue weighted by molar-refractivity contribution is 5.90. The summed E-state index contributed by atoms with van der Waals surface area (Å²) in [7, 11) is 0. The maximum atomic E-state index is 12.3. The van der Waals surface area contributed by atoms with Crippen LogP contribution >= 0.6 is 0 Å². The lowest BCUT2D eigenvalue weighted by molar-refractivity contribution is -0.114. The molecule has 10 nitrogen and oxygen atoms in total. The molecular weight excluding hydrogens is 392 g/mol. The molecule has 2 N–H and O–H groups in total. The van der Waals surface area contributed by atoms with E-state index in [0.717, 1.165) is 5.56 Å². The molecule has 0 bridgehead atoms. The summed E-state index contributed by atoms with van der Waals surface area (Å²) in [6, 6.07) is 12.4. The molecule has 0 fully saturated rings. The zero-order chi connectivity index (χ0) is 20.9. The van der Waals surface area contributed by atoms with Gasteiger partial charge in [0.2, 0.25) is 18.5 Å². The number of para-hydroxylation sites is 2. The van der Waals surface area contributed by atoms with Crippen LogP contribution in [0.25, 0.3) is 0 Å². The average Bonchev–Trinajstić information content (AvgIpc) is 3.40. The van der Waals surface area contributed by atoms with Gasteiger partial charge in [0, 0.05) is 13.5 Å². The molecule has 0 radical (unpaired) electrons. The molecule has 0 saturated carbocycles. The minimum absolute atomic E-state index is 0.0322. The fourth-order valence-electron chi connectivity index (χ4n) is 2.74. The Kier molecular flexibility index (Phi) is 5.46. The molecule has 1 aliphatic heterocycles. The molecule has 0 saturated heterocycles. The van der Waals surface area contributed by atoms with Crippen LogP contribution in [0.2, 0.25) is 0 Å². The predicted octanol–water partition coefficient (Wildman–Crippen LogP) is 2.27. The predicted molar refractivity (Wildman–Crippen MR) is 103 cm³/mol. The maximum absolute atomic E-state index is 12.3. The van der Waals surface area contributed by atoms with E-state index in [-0.39, 0.29) is 37.6 Å². The summed E-state index contributed by atoms with van der Waals surface area (Å²) in [6.45, 7) is 1.82. The van der Waals surface area contributed by atoms with Crippen molar-refractivity contribution in [2.24, 2.45) is 0 Å². The highest BCUT2D eigenvalue weighted by Gasteiger charge is 2.17. The molecule has 4 rings (SSSR count). The van der Waals surface area contributed by atoms with Crippen molar-refractivity contribution in [3.8, 4) is 17.2 Å². The first kappa shape index (κ1) is 19.2. The molecule has 2 amide bonds. The fourth-order valence-corrected chi connectivity index (χ4v) is 2.74. The third kappa shape index (κ3) is 4.49. The second kappa shape index (κ2) is 8.52. The number of ether oxygens (including phenoxy) is 3. The average molecular weight is 410 g/mol. The first-order chi connectivity index (χ1) is 14.6. The van der Waals surface area contributed by atoms with Crippen LogP contribution < -0.4 is 24.8 Å². The van der Waals surface area contributed by atoms with Crippen molar-refractivity contribution >= 4 is 17.5 Å². The van der Waals surface area contributed by atoms with E-state index in [0.29, 0.717) is 22.9 Å². The maximum Gasteiger partial charge on any atom is 0.316 e. The van der Waals surface area contributed by atoms with Crippen molar-refractivity contribution < 1.29 is 28.3 Å². The molecule has 0 atom stereocenters. The summed E-state index contributed by atoms with van der Waals surface area (Å²) >= 11 is 0. The lowest BCUT2D eigenvalue weighted by atomic mass is 10.2. The van der Waals surface area contributed by atoms with Crippen molar-refractivity contribution in [1.29, 1.82) is 0 Å². The summed E-state index contributed by atoms with van der Waals surface area (Å²) in [4.78, 5) is 27.6. The second-order valence-corrected chi connectivity index (χ2v) is 6.35. The van der Waals surface area contributed by atoms with E-state index in [4.69, 9.17) is 18.7 Å². The van der Waals surface area contributed by atoms with Crippen LogP contribution in [0.1, 0.15) is 29.0 Å². The minimum atomic E-state index is -0.509. The van der Waals surface area contributed by atoms with Crippen LogP contribution in [0.3, 0.4) is 0 Å². The van der Waals surface area contributed by atoms with Gasteiger partial charge in [0.15, 0.2) is 18.1 Å². The van der Waals surface area contributed by atoms with Crippen molar-refractivity contribution in [2.45, 2.75) is 20.1 Å². The Bertz CT molecular complexity index is 1080. The number of anilines is 1. The van der Waals surface area contributed by atoms with Gasteiger partial charge in [-0.25, -0.2) is 0 Å². The van der Waals surface area contributed by atoms with Gasteiger partial charge >= 0.3 is 11.8 Å². The number of hydrogen-bond acceptors (Lipinski definition) is 8. The van der Waals surface area contributed by atoms with Gasteiger partial charge in [0.05, 0.1) is 5.69 Å². The Morgan fingerprint density at radius 1 is 1.13 bits per heavy atom. The monoisotopic (exact) mass is 410 g/mol. The van der Waals surface area contributed by atoms with Crippen molar-refractivity contribution in [2.75, 3.05) is 12.1 Å². The van der Waals surface area contributed by atoms with Crippen LogP contribution in [-0.4, -0.2) is 28.7 Å². The second-order valence-electron chi connectivity index (χ2n) is 6.35. The number of amides is 2. The molecule has 1 aromatic heterocycles. The number of rotatable bonds is 7. The number of nitrogens with one attached hydrogen (secondary N) is 2. The highest BCUT2D eigenvalue weighted by atomic mass is 16.7. The normalized spacial score (nSPS) is 11.8. The molecule has 2 heterocycles. The Balaban J connectivity index is 1.33. The summed E-state index contributed by atoms with van der Waals surface area (Å²) in [5.74, 6) is 1.05. The standard InChI is InChI=1S/C20H18N4O6/c1-12(25)22-14-4-2-3-5-15(14)27-10-18-23-20(30-24-18)19(26)21-9-13-6-7-16-17(8-13)29-11-28-16/h2-8H,9-11H2,1H3,(H,21,26)(H,22,25). The molecule has 1 aliphatic rings. The zero-order valence-corrected chi connectivity index (χ0v) is 16.0. The molecule has 3 aromatic rings. The van der Waals surface area contributed by atoms with Gasteiger partial charge in [-0.3, -0.25) is 9.59 Å². The minimum Gasteiger partial charge on any atom is -0.483 e. The summed E-state index contributed by atoms with van der Waals surface area (Å²) in [5.41, 5.74) is 1.36. The number of carbonyl (C=O) groups is 2. The molecule has 0 spiro atoms. The first-order valence-electron chi connectivity index (χ1n) is 9.07. The Morgan fingerprint density at radius 3 is 2.83 bits per heavy atom. The van der Waals surface area contributed by atoms with Crippen LogP contribution in [0, 0.1) is 0 Å². The van der Waals surface area contributed by atoms with Crippen LogP contribution in [0.4, 0.5) is 5.69 Å². The summed E-state index contributed by atoms with van der Waals surface area (Å²) in [6.07, 6.45) is 0. The van der Waals surface area contributed by atoms with Gasteiger partial charge in [0.1, 0.15) is 5.75 Å². The van der Waals surface area contributed by atoms with E-state index in [1.54, 1.807) is 36.4 Å². The molecule has 30 heavy (non-hydrogen) atoms. The molecular formula is C20H18N4O6. The summed E-state index contributed by atoms with van der Waals surface area (Å²) in [5, 5.41) is 9.13. The van der Waals surface area contributed by atoms with E-state index in [9.17, 15) is 9.59 Å². The number of aromatic nitrogens is 2. The van der Waals surface area contributed by atoms with Gasteiger partial charge < -0.3 is 29.4 Å². The number of hydrogen-bond donors (Lipinski definition) is 2. The van der Waals surface area contributed by atoms with Crippen molar-refractivity contribution in [3.63, 3.8) is 0 Å². The third-order valence-corrected chi connectivity index (χ3v) is 4.11. The number of fused-ring (bicyclic) bond motifs is 1. The van der Waals surface area contributed by atoms with Crippen molar-refractivity contribution in [3.05, 3.63) is 59.7 Å². The number of nitrogens with zero attached hydrogens (tertiary/aromatic N) is 2. The van der Waals surface area contributed by atoms with E-state index < -0.39 is 5.91 Å². The van der Waals surface area contributed by atoms with Crippen LogP contribution in [-0.2, 0) is 17.9 Å². The third-order valence-electron chi connectivity index (χ3n) is 4.11. The Morgan fingerprint density at radius 2 is 1.97 bits per heavy atom. The van der Waals surface area contributed by atoms with E-state index in [2.05, 4.69) is 20.8 Å². The molecule has 0 unspecified atom stereocenters. The van der Waals surface area contributed by atoms with Gasteiger partial charge in [0.25, 0.3) is 0 Å². The lowest BCUT2D eigenvalue weighted by Crippen LogP contribution is -2.23. The van der Waals surface area contributed by atoms with E-state index in [1.807, 2.05) is 6.07 Å². The lowest BCUT2D eigenvalue weighted by Gasteiger charge is -2.09. The van der Waals surface area contributed by atoms with Crippen LogP contribution in [0.5, 0.6) is 17.2 Å². The number of carbonyl (C=O) groups excluding carboxylic acids is 2. The van der Waals surface area contributed by atoms with Crippen molar-refractivity contribution in [1.82, 2.24) is 15.5 Å². The molecule has 0 aliphatic carbocycles. The fraction of sp³-hybridized carbons (Fsp3) is 0.200. The van der Waals surface area contributed by atoms with E-state index in [1.165, 1.54) is 6.92 Å². The van der Waals surface area contributed by atoms with Gasteiger partial charge in [-0.2, -0.15) is 4.98 Å². The van der Waals surface area contributed by atoms with Gasteiger partial charge in [-0.05, 0) is 29.8 Å². The smallest absolute Gasteiger partial charge is 0.316 e. The van der Waals surface area contributed by atoms with Crippen LogP contribution in [0.15, 0.2) is 47.0 Å². The number of benzene rings is 2. The SMILES string of the molecule is CC(=O)Nc1ccccc1OCc1noc(C(=O)NCc2ccc3c(c2)OCO3)n1. The Labute approximate surface area is 171 Å². The molecule has 2 aromatic carbocycles. The topological polar surface area (TPSA) is 125 Å². The van der Waals surface area contributed by atoms with E-state index >= 15 is 0 Å².